The van der Waals surface area contributed by atoms with Crippen molar-refractivity contribution in [2.45, 2.75) is 77.2 Å². The van der Waals surface area contributed by atoms with E-state index >= 15 is 0 Å². The van der Waals surface area contributed by atoms with Gasteiger partial charge in [0.25, 0.3) is 0 Å². The number of aryl methyl sites for hydroxylation is 1. The molecule has 0 spiro atoms. The first kappa shape index (κ1) is 37.0. The summed E-state index contributed by atoms with van der Waals surface area (Å²) in [5, 5.41) is 8.91. The largest absolute Gasteiger partial charge is 0.483 e. The van der Waals surface area contributed by atoms with E-state index in [1.165, 1.54) is 71.3 Å². The number of ether oxygens (including phenoxy) is 1. The quantitative estimate of drug-likeness (QED) is 0.143. The Labute approximate surface area is 363 Å². The first-order chi connectivity index (χ1) is 30.4. The van der Waals surface area contributed by atoms with Crippen LogP contribution in [0.15, 0.2) is 162 Å². The molecule has 0 amide bonds. The average molecular weight is 807 g/mol. The molecule has 12 rings (SSSR count). The van der Waals surface area contributed by atoms with Crippen LogP contribution in [0.25, 0.3) is 49.4 Å². The molecular weight excluding hydrogens is 757 g/mol. The monoisotopic (exact) mass is 806 g/mol. The van der Waals surface area contributed by atoms with Crippen LogP contribution < -0.4 is 14.5 Å². The number of allylic oxidation sites excluding steroid dienone is 7. The molecule has 3 aliphatic carbocycles. The third kappa shape index (κ3) is 5.58. The maximum absolute atomic E-state index is 6.90. The van der Waals surface area contributed by atoms with Gasteiger partial charge in [0.2, 0.25) is 0 Å². The Morgan fingerprint density at radius 1 is 0.581 bits per heavy atom. The van der Waals surface area contributed by atoms with E-state index in [1.807, 2.05) is 0 Å². The predicted molar refractivity (Wildman–Crippen MR) is 261 cm³/mol. The Morgan fingerprint density at radius 3 is 1.98 bits per heavy atom. The summed E-state index contributed by atoms with van der Waals surface area (Å²) >= 11 is 0. The van der Waals surface area contributed by atoms with Crippen LogP contribution in [-0.4, -0.2) is 6.10 Å². The van der Waals surface area contributed by atoms with Crippen LogP contribution in [0, 0.1) is 0 Å². The minimum atomic E-state index is -0.0131. The van der Waals surface area contributed by atoms with Gasteiger partial charge in [-0.3, -0.25) is 0 Å². The number of hydrogen-bond donors (Lipinski definition) is 0. The Kier molecular flexibility index (Phi) is 8.61. The summed E-state index contributed by atoms with van der Waals surface area (Å²) in [6.07, 6.45) is 24.0. The highest BCUT2D eigenvalue weighted by molar-refractivity contribution is 6.29. The summed E-state index contributed by atoms with van der Waals surface area (Å²) in [4.78, 5) is 5.00. The molecule has 2 heterocycles. The van der Waals surface area contributed by atoms with Crippen molar-refractivity contribution in [3.05, 3.63) is 185 Å². The fourth-order valence-electron chi connectivity index (χ4n) is 10.9. The lowest BCUT2D eigenvalue weighted by molar-refractivity contribution is 0.269. The normalized spacial score (nSPS) is 17.7. The second-order valence-corrected chi connectivity index (χ2v) is 18.1. The van der Waals surface area contributed by atoms with Crippen molar-refractivity contribution in [2.24, 2.45) is 0 Å². The Balaban J connectivity index is 1.17. The van der Waals surface area contributed by atoms with Crippen LogP contribution in [-0.2, 0) is 6.42 Å². The molecule has 1 aliphatic heterocycles. The summed E-state index contributed by atoms with van der Waals surface area (Å²) in [6, 6.07) is 38.8. The molecule has 0 saturated heterocycles. The van der Waals surface area contributed by atoms with Crippen LogP contribution in [0.4, 0.5) is 28.4 Å². The number of furan rings is 1. The molecular formula is C58H50N2O2. The van der Waals surface area contributed by atoms with Gasteiger partial charge in [-0.15, -0.1) is 0 Å². The highest BCUT2D eigenvalue weighted by Gasteiger charge is 2.36. The van der Waals surface area contributed by atoms with Crippen LogP contribution in [0.5, 0.6) is 5.75 Å². The van der Waals surface area contributed by atoms with Crippen molar-refractivity contribution in [2.75, 3.05) is 9.80 Å². The summed E-state index contributed by atoms with van der Waals surface area (Å²) in [5.74, 6) is 2.81. The zero-order valence-electron chi connectivity index (χ0n) is 35.9. The van der Waals surface area contributed by atoms with Gasteiger partial charge in [-0.2, -0.15) is 0 Å². The molecule has 0 radical (unpaired) electrons. The molecule has 0 bridgehead atoms. The highest BCUT2D eigenvalue weighted by Crippen LogP contribution is 2.54. The maximum Gasteiger partial charge on any atom is 0.158 e. The first-order valence-corrected chi connectivity index (χ1v) is 22.6. The summed E-state index contributed by atoms with van der Waals surface area (Å²) in [7, 11) is 0. The number of rotatable bonds is 8. The van der Waals surface area contributed by atoms with Crippen molar-refractivity contribution in [1.29, 1.82) is 0 Å². The molecule has 4 nitrogen and oxygen atoms in total. The van der Waals surface area contributed by atoms with Gasteiger partial charge in [-0.25, -0.2) is 0 Å². The van der Waals surface area contributed by atoms with Crippen LogP contribution in [0.1, 0.15) is 92.7 Å². The zero-order chi connectivity index (χ0) is 41.6. The first-order valence-electron chi connectivity index (χ1n) is 22.6. The van der Waals surface area contributed by atoms with Gasteiger partial charge in [0.1, 0.15) is 17.6 Å². The third-order valence-electron chi connectivity index (χ3n) is 13.8. The SMILES string of the molecule is CC(C)c1cc(N(C2=CC=CCC2)c2cccc3c4c(oc23)CCC=C4)c2ccc3c(C(C)C)cc(N(c4ccccc4)c4cccc5c4OC4C=CC=CC54)c4ccc1c2c34. The van der Waals surface area contributed by atoms with Gasteiger partial charge >= 0.3 is 0 Å². The van der Waals surface area contributed by atoms with E-state index in [0.29, 0.717) is 0 Å². The molecule has 62 heavy (non-hydrogen) atoms. The second-order valence-electron chi connectivity index (χ2n) is 18.1. The van der Waals surface area contributed by atoms with E-state index in [4.69, 9.17) is 9.15 Å². The topological polar surface area (TPSA) is 28.9 Å². The lowest BCUT2D eigenvalue weighted by Crippen LogP contribution is -2.18. The lowest BCUT2D eigenvalue weighted by atomic mass is 9.84. The standard InChI is InChI=1S/C58H50N2O2/c1-35(2)47-33-51(59(37-17-7-5-8-18-37)49-25-15-23-43-39-21-11-13-27-53(39)61-57(43)49)45-32-30-42-48(36(3)4)34-52(46-31-29-41(47)55(45)56(42)46)60(38-19-9-6-10-20-38)50-26-16-24-44-40-22-12-14-28-54(40)62-58(44)50/h5-9,11-13,15-19,21-27,29-36,39,53H,10,14,20,28H2,1-4H3. The zero-order valence-corrected chi connectivity index (χ0v) is 35.9. The van der Waals surface area contributed by atoms with E-state index in [2.05, 4.69) is 195 Å². The van der Waals surface area contributed by atoms with E-state index < -0.39 is 0 Å². The molecule has 0 saturated carbocycles. The minimum Gasteiger partial charge on any atom is -0.483 e. The minimum absolute atomic E-state index is 0.0131. The van der Waals surface area contributed by atoms with Crippen molar-refractivity contribution in [1.82, 2.24) is 0 Å². The molecule has 2 unspecified atom stereocenters. The number of benzene rings is 7. The van der Waals surface area contributed by atoms with Gasteiger partial charge < -0.3 is 19.0 Å². The van der Waals surface area contributed by atoms with Crippen LogP contribution >= 0.6 is 0 Å². The van der Waals surface area contributed by atoms with Crippen molar-refractivity contribution < 1.29 is 9.15 Å². The number of fused-ring (bicyclic) bond motifs is 6. The molecule has 0 fully saturated rings. The number of hydrogen-bond acceptors (Lipinski definition) is 4. The van der Waals surface area contributed by atoms with Crippen LogP contribution in [0.3, 0.4) is 0 Å². The Bertz CT molecular complexity index is 3250. The van der Waals surface area contributed by atoms with Gasteiger partial charge in [-0.1, -0.05) is 137 Å². The molecule has 4 aliphatic rings. The van der Waals surface area contributed by atoms with Crippen LogP contribution in [0.2, 0.25) is 0 Å². The van der Waals surface area contributed by atoms with E-state index in [1.54, 1.807) is 0 Å². The van der Waals surface area contributed by atoms with Crippen molar-refractivity contribution >= 4 is 77.8 Å². The Hall–Kier alpha value is -6.78. The summed E-state index contributed by atoms with van der Waals surface area (Å²) in [6.45, 7) is 9.36. The van der Waals surface area contributed by atoms with Gasteiger partial charge in [-0.05, 0) is 112 Å². The van der Waals surface area contributed by atoms with Crippen molar-refractivity contribution in [3.8, 4) is 5.75 Å². The maximum atomic E-state index is 6.90. The second kappa shape index (κ2) is 14.4. The fraction of sp³-hybridized carbons (Fsp3) is 0.207. The van der Waals surface area contributed by atoms with E-state index in [0.717, 1.165) is 65.5 Å². The van der Waals surface area contributed by atoms with Gasteiger partial charge in [0.15, 0.2) is 5.58 Å². The van der Waals surface area contributed by atoms with E-state index in [9.17, 15) is 0 Å². The summed E-state index contributed by atoms with van der Waals surface area (Å²) in [5.41, 5.74) is 13.0. The molecule has 8 aromatic rings. The molecule has 304 valence electrons. The predicted octanol–water partition coefficient (Wildman–Crippen LogP) is 16.3. The number of para-hydroxylation sites is 3. The van der Waals surface area contributed by atoms with Gasteiger partial charge in [0.05, 0.1) is 22.7 Å². The third-order valence-corrected chi connectivity index (χ3v) is 13.8. The summed E-state index contributed by atoms with van der Waals surface area (Å²) < 4.78 is 13.8. The molecule has 1 aromatic heterocycles. The smallest absolute Gasteiger partial charge is 0.158 e. The lowest BCUT2D eigenvalue weighted by Gasteiger charge is -2.33. The molecule has 7 aromatic carbocycles. The highest BCUT2D eigenvalue weighted by atomic mass is 16.5. The fourth-order valence-corrected chi connectivity index (χ4v) is 10.9. The molecule has 0 N–H and O–H groups in total. The average Bonchev–Trinajstić information content (AvgIpc) is 3.89. The van der Waals surface area contributed by atoms with Gasteiger partial charge in [0, 0.05) is 51.0 Å². The van der Waals surface area contributed by atoms with E-state index in [-0.39, 0.29) is 23.9 Å². The number of nitrogens with zero attached hydrogens (tertiary/aromatic N) is 2. The molecule has 2 atom stereocenters. The molecule has 4 heteroatoms. The van der Waals surface area contributed by atoms with Crippen molar-refractivity contribution in [3.63, 3.8) is 0 Å². The Morgan fingerprint density at radius 2 is 1.26 bits per heavy atom. The number of anilines is 5.